The van der Waals surface area contributed by atoms with Crippen LogP contribution in [0.4, 0.5) is 11.6 Å². The molecule has 1 aliphatic rings. The maximum absolute atomic E-state index is 15.9. The van der Waals surface area contributed by atoms with E-state index in [1.165, 1.54) is 24.3 Å². The Morgan fingerprint density at radius 3 is 2.16 bits per heavy atom. The summed E-state index contributed by atoms with van der Waals surface area (Å²) in [7, 11) is -6.23. The van der Waals surface area contributed by atoms with E-state index in [1.807, 2.05) is 0 Å². The molecule has 0 radical (unpaired) electrons. The van der Waals surface area contributed by atoms with Gasteiger partial charge in [-0.2, -0.15) is 0 Å². The standard InChI is InChI=1S/C15H13F3IO5S/c16-15(17,25(20,21)22)19(18,11-4-2-1-3-5-11)12-6-7-13-14(10-12)24-9-8-23-13/h1-7,10H,8-9H2,(H,20,21,22)/q-1/p-1. The second kappa shape index (κ2) is 6.32. The van der Waals surface area contributed by atoms with Crippen molar-refractivity contribution >= 4 is 10.1 Å². The van der Waals surface area contributed by atoms with E-state index in [0.717, 1.165) is 24.3 Å². The summed E-state index contributed by atoms with van der Waals surface area (Å²) in [4.78, 5) is 0. The minimum absolute atomic E-state index is 0.0319. The molecule has 0 aliphatic carbocycles. The zero-order valence-corrected chi connectivity index (χ0v) is 15.5. The molecule has 0 N–H and O–H groups in total. The quantitative estimate of drug-likeness (QED) is 0.334. The Kier molecular flexibility index (Phi) is 4.62. The van der Waals surface area contributed by atoms with E-state index >= 15 is 2.86 Å². The fraction of sp³-hybridized carbons (Fsp3) is 0.200. The third kappa shape index (κ3) is 2.95. The third-order valence-corrected chi connectivity index (χ3v) is 13.6. The van der Waals surface area contributed by atoms with Crippen molar-refractivity contribution in [2.45, 2.75) is 3.26 Å². The van der Waals surface area contributed by atoms with Crippen LogP contribution in [0.3, 0.4) is 0 Å². The summed E-state index contributed by atoms with van der Waals surface area (Å²) < 4.78 is 82.8. The average molecular weight is 488 g/mol. The maximum atomic E-state index is 15.9. The number of ether oxygens (including phenoxy) is 2. The predicted octanol–water partition coefficient (Wildman–Crippen LogP) is -0.362. The van der Waals surface area contributed by atoms with E-state index in [9.17, 15) is 21.8 Å². The number of hydrogen-bond acceptors (Lipinski definition) is 5. The van der Waals surface area contributed by atoms with Crippen molar-refractivity contribution < 1.29 is 53.1 Å². The van der Waals surface area contributed by atoms with Crippen LogP contribution in [0.25, 0.3) is 0 Å². The van der Waals surface area contributed by atoms with Crippen LogP contribution in [0.1, 0.15) is 0 Å². The van der Waals surface area contributed by atoms with Crippen LogP contribution in [0.2, 0.25) is 0 Å². The molecule has 1 unspecified atom stereocenters. The summed E-state index contributed by atoms with van der Waals surface area (Å²) in [5, 5.41) is 0. The van der Waals surface area contributed by atoms with Gasteiger partial charge in [-0.1, -0.05) is 0 Å². The number of benzene rings is 2. The Morgan fingerprint density at radius 2 is 1.56 bits per heavy atom. The number of fused-ring (bicyclic) bond motifs is 1. The van der Waals surface area contributed by atoms with Gasteiger partial charge in [-0.25, -0.2) is 0 Å². The topological polar surface area (TPSA) is 75.7 Å². The van der Waals surface area contributed by atoms with Crippen LogP contribution in [0, 0.1) is 7.14 Å². The molecule has 0 saturated carbocycles. The fourth-order valence-corrected chi connectivity index (χ4v) is 10.9. The first-order chi connectivity index (χ1) is 11.7. The summed E-state index contributed by atoms with van der Waals surface area (Å²) in [6, 6.07) is 9.46. The van der Waals surface area contributed by atoms with Crippen LogP contribution in [0.15, 0.2) is 48.5 Å². The summed E-state index contributed by atoms with van der Waals surface area (Å²) in [5.74, 6) is 0.268. The van der Waals surface area contributed by atoms with Gasteiger partial charge in [-0.3, -0.25) is 0 Å². The molecule has 3 rings (SSSR count). The van der Waals surface area contributed by atoms with Gasteiger partial charge in [-0.15, -0.1) is 0 Å². The van der Waals surface area contributed by atoms with Crippen molar-refractivity contribution in [2.24, 2.45) is 0 Å². The molecule has 2 aromatic rings. The average Bonchev–Trinajstić information content (AvgIpc) is 2.60. The van der Waals surface area contributed by atoms with E-state index in [0.29, 0.717) is 0 Å². The molecular formula is C15H12F3IO5S-2. The van der Waals surface area contributed by atoms with Crippen molar-refractivity contribution in [3.63, 3.8) is 0 Å². The second-order valence-corrected chi connectivity index (χ2v) is 13.8. The van der Waals surface area contributed by atoms with E-state index in [4.69, 9.17) is 9.47 Å². The zero-order chi connectivity index (χ0) is 18.3. The third-order valence-electron chi connectivity index (χ3n) is 3.43. The van der Waals surface area contributed by atoms with Gasteiger partial charge in [0.15, 0.2) is 0 Å². The predicted molar refractivity (Wildman–Crippen MR) is 77.0 cm³/mol. The fourth-order valence-electron chi connectivity index (χ4n) is 2.28. The molecule has 0 amide bonds. The monoisotopic (exact) mass is 488 g/mol. The van der Waals surface area contributed by atoms with Crippen molar-refractivity contribution in [3.05, 3.63) is 55.7 Å². The molecule has 2 aromatic carbocycles. The van der Waals surface area contributed by atoms with Gasteiger partial charge in [0.25, 0.3) is 0 Å². The molecule has 0 saturated heterocycles. The normalized spacial score (nSPS) is 18.2. The first-order valence-electron chi connectivity index (χ1n) is 6.93. The SMILES string of the molecule is O=S(=O)([O-])C(F)(F)[I-](F)(c1ccccc1)c1ccc2c(c1)OCCO2. The zero-order valence-electron chi connectivity index (χ0n) is 12.5. The van der Waals surface area contributed by atoms with E-state index in [2.05, 4.69) is 0 Å². The molecule has 138 valence electrons. The summed E-state index contributed by atoms with van der Waals surface area (Å²) in [5.41, 5.74) is 0. The van der Waals surface area contributed by atoms with Gasteiger partial charge < -0.3 is 0 Å². The Labute approximate surface area is 146 Å². The molecule has 0 spiro atoms. The Bertz CT molecular complexity index is 891. The van der Waals surface area contributed by atoms with Gasteiger partial charge >= 0.3 is 147 Å². The van der Waals surface area contributed by atoms with Crippen molar-refractivity contribution in [3.8, 4) is 11.5 Å². The molecule has 25 heavy (non-hydrogen) atoms. The van der Waals surface area contributed by atoms with Crippen LogP contribution >= 0.6 is 0 Å². The van der Waals surface area contributed by atoms with Gasteiger partial charge in [0.2, 0.25) is 0 Å². The van der Waals surface area contributed by atoms with Crippen LogP contribution in [-0.4, -0.2) is 29.4 Å². The molecular weight excluding hydrogens is 476 g/mol. The number of rotatable bonds is 4. The molecule has 10 heteroatoms. The van der Waals surface area contributed by atoms with Crippen molar-refractivity contribution in [1.29, 1.82) is 0 Å². The minimum atomic E-state index is -6.35. The van der Waals surface area contributed by atoms with Crippen LogP contribution < -0.4 is 28.5 Å². The van der Waals surface area contributed by atoms with Crippen LogP contribution in [-0.2, 0) is 10.1 Å². The second-order valence-electron chi connectivity index (χ2n) is 4.98. The molecule has 0 bridgehead atoms. The van der Waals surface area contributed by atoms with Crippen molar-refractivity contribution in [1.82, 2.24) is 0 Å². The van der Waals surface area contributed by atoms with E-state index in [1.54, 1.807) is 0 Å². The molecule has 0 aromatic heterocycles. The molecule has 1 atom stereocenters. The van der Waals surface area contributed by atoms with Gasteiger partial charge in [0.05, 0.1) is 0 Å². The van der Waals surface area contributed by atoms with Gasteiger partial charge in [0, 0.05) is 0 Å². The molecule has 0 fully saturated rings. The van der Waals surface area contributed by atoms with Crippen LogP contribution in [0.5, 0.6) is 11.5 Å². The summed E-state index contributed by atoms with van der Waals surface area (Å²) in [6.07, 6.45) is 0. The Morgan fingerprint density at radius 1 is 0.960 bits per heavy atom. The van der Waals surface area contributed by atoms with Gasteiger partial charge in [0.1, 0.15) is 0 Å². The number of hydrogen-bond donors (Lipinski definition) is 0. The molecule has 5 nitrogen and oxygen atoms in total. The van der Waals surface area contributed by atoms with Gasteiger partial charge in [-0.05, 0) is 0 Å². The summed E-state index contributed by atoms with van der Waals surface area (Å²) in [6.45, 7) is 0.390. The first-order valence-corrected chi connectivity index (χ1v) is 12.4. The Hall–Kier alpha value is -1.53. The number of halogens is 4. The molecule has 1 aliphatic heterocycles. The number of alkyl halides is 3. The van der Waals surface area contributed by atoms with E-state index in [-0.39, 0.29) is 24.7 Å². The van der Waals surface area contributed by atoms with Crippen molar-refractivity contribution in [2.75, 3.05) is 13.2 Å². The van der Waals surface area contributed by atoms with E-state index < -0.39 is 39.5 Å². The summed E-state index contributed by atoms with van der Waals surface area (Å²) >= 11 is -6.35. The Balaban J connectivity index is 2.26. The first kappa shape index (κ1) is 18.3. The molecule has 1 heterocycles.